The summed E-state index contributed by atoms with van der Waals surface area (Å²) >= 11 is 0. The maximum atomic E-state index is 12.1. The number of carbonyl (C=O) groups excluding carboxylic acids is 1. The Morgan fingerprint density at radius 3 is 2.67 bits per heavy atom. The van der Waals surface area contributed by atoms with Gasteiger partial charge in [0.25, 0.3) is 5.91 Å². The Morgan fingerprint density at radius 1 is 1.06 bits per heavy atom. The Labute approximate surface area is 209 Å². The molecule has 1 aliphatic rings. The smallest absolute Gasteiger partial charge is 0.252 e. The molecule has 1 amide bonds. The Bertz CT molecular complexity index is 1410. The van der Waals surface area contributed by atoms with Crippen LogP contribution in [0.25, 0.3) is 22.0 Å². The number of fused-ring (bicyclic) bond motifs is 1. The van der Waals surface area contributed by atoms with Crippen LogP contribution in [0.1, 0.15) is 15.9 Å². The minimum Gasteiger partial charge on any atom is -0.379 e. The van der Waals surface area contributed by atoms with Gasteiger partial charge in [-0.25, -0.2) is 9.97 Å². The van der Waals surface area contributed by atoms with Crippen LogP contribution >= 0.6 is 0 Å². The first-order valence-electron chi connectivity index (χ1n) is 11.9. The number of ether oxygens (including phenoxy) is 1. The molecular formula is C28H26N6O2. The molecule has 0 radical (unpaired) electrons. The standard InChI is InChI=1S/C28H26N6O2/c29-11-12-30-27(35)22-9-7-21(8-10-22)25-6-2-4-23-18-31-28(33-26(23)25)32-24-5-1-3-20(17-24)19-34-13-15-36-16-14-34/h1-10,17-18H,12-16,19H2,(H,30,35)(H,31,32,33). The number of benzene rings is 3. The first-order valence-corrected chi connectivity index (χ1v) is 11.9. The number of nitrogens with one attached hydrogen (secondary N) is 2. The molecule has 180 valence electrons. The van der Waals surface area contributed by atoms with Gasteiger partial charge in [-0.3, -0.25) is 9.69 Å². The summed E-state index contributed by atoms with van der Waals surface area (Å²) in [4.78, 5) is 23.9. The zero-order chi connectivity index (χ0) is 24.7. The van der Waals surface area contributed by atoms with E-state index < -0.39 is 0 Å². The van der Waals surface area contributed by atoms with E-state index in [1.807, 2.05) is 54.7 Å². The van der Waals surface area contributed by atoms with E-state index in [2.05, 4.69) is 32.7 Å². The number of nitriles is 1. The molecule has 36 heavy (non-hydrogen) atoms. The molecule has 5 rings (SSSR count). The van der Waals surface area contributed by atoms with Crippen LogP contribution < -0.4 is 10.6 Å². The van der Waals surface area contributed by atoms with Gasteiger partial charge < -0.3 is 15.4 Å². The fraction of sp³-hybridized carbons (Fsp3) is 0.214. The van der Waals surface area contributed by atoms with Gasteiger partial charge in [0, 0.05) is 48.0 Å². The molecule has 4 aromatic rings. The van der Waals surface area contributed by atoms with Crippen LogP contribution in [0.5, 0.6) is 0 Å². The minimum atomic E-state index is -0.273. The molecule has 2 heterocycles. The number of nitrogens with zero attached hydrogens (tertiary/aromatic N) is 4. The van der Waals surface area contributed by atoms with Crippen molar-refractivity contribution in [3.63, 3.8) is 0 Å². The summed E-state index contributed by atoms with van der Waals surface area (Å²) in [5.74, 6) is 0.247. The van der Waals surface area contributed by atoms with Crippen LogP contribution in [0.4, 0.5) is 11.6 Å². The van der Waals surface area contributed by atoms with Crippen molar-refractivity contribution in [2.24, 2.45) is 0 Å². The van der Waals surface area contributed by atoms with E-state index in [1.54, 1.807) is 12.1 Å². The second kappa shape index (κ2) is 11.0. The summed E-state index contributed by atoms with van der Waals surface area (Å²) in [6.07, 6.45) is 1.81. The summed E-state index contributed by atoms with van der Waals surface area (Å²) in [6.45, 7) is 4.31. The van der Waals surface area contributed by atoms with Crippen molar-refractivity contribution in [2.75, 3.05) is 38.2 Å². The number of para-hydroxylation sites is 1. The molecule has 1 fully saturated rings. The number of aromatic nitrogens is 2. The third kappa shape index (κ3) is 5.49. The van der Waals surface area contributed by atoms with Crippen molar-refractivity contribution in [1.29, 1.82) is 5.26 Å². The molecule has 8 nitrogen and oxygen atoms in total. The highest BCUT2D eigenvalue weighted by molar-refractivity contribution is 5.97. The topological polar surface area (TPSA) is 103 Å². The predicted molar refractivity (Wildman–Crippen MR) is 139 cm³/mol. The lowest BCUT2D eigenvalue weighted by Crippen LogP contribution is -2.35. The number of amides is 1. The van der Waals surface area contributed by atoms with Gasteiger partial charge in [-0.2, -0.15) is 5.26 Å². The molecule has 1 aromatic heterocycles. The summed E-state index contributed by atoms with van der Waals surface area (Å²) < 4.78 is 5.45. The summed E-state index contributed by atoms with van der Waals surface area (Å²) in [5.41, 5.74) is 5.37. The lowest BCUT2D eigenvalue weighted by atomic mass is 10.0. The monoisotopic (exact) mass is 478 g/mol. The van der Waals surface area contributed by atoms with Crippen molar-refractivity contribution >= 4 is 28.4 Å². The Kier molecular flexibility index (Phi) is 7.12. The minimum absolute atomic E-state index is 0.0211. The van der Waals surface area contributed by atoms with Crippen molar-refractivity contribution in [3.05, 3.63) is 84.1 Å². The fourth-order valence-electron chi connectivity index (χ4n) is 4.27. The van der Waals surface area contributed by atoms with Crippen LogP contribution in [-0.2, 0) is 11.3 Å². The first kappa shape index (κ1) is 23.4. The molecule has 3 aromatic carbocycles. The average Bonchev–Trinajstić information content (AvgIpc) is 2.92. The van der Waals surface area contributed by atoms with Crippen LogP contribution in [0.3, 0.4) is 0 Å². The fourth-order valence-corrected chi connectivity index (χ4v) is 4.27. The van der Waals surface area contributed by atoms with Gasteiger partial charge >= 0.3 is 0 Å². The Hall–Kier alpha value is -4.32. The van der Waals surface area contributed by atoms with Gasteiger partial charge in [0.1, 0.15) is 6.54 Å². The van der Waals surface area contributed by atoms with Crippen LogP contribution in [-0.4, -0.2) is 53.6 Å². The summed E-state index contributed by atoms with van der Waals surface area (Å²) in [5, 5.41) is 15.5. The molecule has 0 atom stereocenters. The van der Waals surface area contributed by atoms with Crippen molar-refractivity contribution < 1.29 is 9.53 Å². The molecule has 0 saturated carbocycles. The second-order valence-electron chi connectivity index (χ2n) is 8.57. The molecule has 0 aliphatic carbocycles. The Morgan fingerprint density at radius 2 is 1.86 bits per heavy atom. The normalized spacial score (nSPS) is 13.8. The lowest BCUT2D eigenvalue weighted by Gasteiger charge is -2.26. The van der Waals surface area contributed by atoms with Gasteiger partial charge in [-0.1, -0.05) is 42.5 Å². The molecule has 1 aliphatic heterocycles. The van der Waals surface area contributed by atoms with Gasteiger partial charge in [0.2, 0.25) is 5.95 Å². The van der Waals surface area contributed by atoms with Gasteiger partial charge in [0.05, 0.1) is 24.8 Å². The highest BCUT2D eigenvalue weighted by Crippen LogP contribution is 2.28. The molecular weight excluding hydrogens is 452 g/mol. The zero-order valence-corrected chi connectivity index (χ0v) is 19.8. The maximum Gasteiger partial charge on any atom is 0.252 e. The lowest BCUT2D eigenvalue weighted by molar-refractivity contribution is 0.0342. The maximum absolute atomic E-state index is 12.1. The van der Waals surface area contributed by atoms with Crippen molar-refractivity contribution in [2.45, 2.75) is 6.54 Å². The van der Waals surface area contributed by atoms with E-state index in [9.17, 15) is 4.79 Å². The van der Waals surface area contributed by atoms with Crippen LogP contribution in [0.2, 0.25) is 0 Å². The zero-order valence-electron chi connectivity index (χ0n) is 19.8. The average molecular weight is 479 g/mol. The predicted octanol–water partition coefficient (Wildman–Crippen LogP) is 4.13. The number of rotatable bonds is 7. The second-order valence-corrected chi connectivity index (χ2v) is 8.57. The molecule has 2 N–H and O–H groups in total. The van der Waals surface area contributed by atoms with E-state index in [0.29, 0.717) is 11.5 Å². The van der Waals surface area contributed by atoms with E-state index in [4.69, 9.17) is 15.0 Å². The van der Waals surface area contributed by atoms with Gasteiger partial charge in [-0.05, 0) is 35.4 Å². The number of hydrogen-bond acceptors (Lipinski definition) is 7. The third-order valence-corrected chi connectivity index (χ3v) is 6.09. The highest BCUT2D eigenvalue weighted by atomic mass is 16.5. The van der Waals surface area contributed by atoms with E-state index in [-0.39, 0.29) is 12.5 Å². The molecule has 0 spiro atoms. The number of carbonyl (C=O) groups is 1. The first-order chi connectivity index (χ1) is 17.7. The van der Waals surface area contributed by atoms with Crippen molar-refractivity contribution in [3.8, 4) is 17.2 Å². The van der Waals surface area contributed by atoms with Crippen LogP contribution in [0, 0.1) is 11.3 Å². The molecule has 0 unspecified atom stereocenters. The largest absolute Gasteiger partial charge is 0.379 e. The Balaban J connectivity index is 1.37. The van der Waals surface area contributed by atoms with Crippen LogP contribution in [0.15, 0.2) is 72.9 Å². The third-order valence-electron chi connectivity index (χ3n) is 6.09. The summed E-state index contributed by atoms with van der Waals surface area (Å²) in [6, 6.07) is 23.5. The molecule has 8 heteroatoms. The molecule has 0 bridgehead atoms. The van der Waals surface area contributed by atoms with E-state index in [0.717, 1.165) is 60.6 Å². The van der Waals surface area contributed by atoms with E-state index in [1.165, 1.54) is 5.56 Å². The van der Waals surface area contributed by atoms with Gasteiger partial charge in [-0.15, -0.1) is 0 Å². The quantitative estimate of drug-likeness (QED) is 0.385. The number of morpholine rings is 1. The summed E-state index contributed by atoms with van der Waals surface area (Å²) in [7, 11) is 0. The van der Waals surface area contributed by atoms with Crippen molar-refractivity contribution in [1.82, 2.24) is 20.2 Å². The number of hydrogen-bond donors (Lipinski definition) is 2. The SMILES string of the molecule is N#CCNC(=O)c1ccc(-c2cccc3cnc(Nc4cccc(CN5CCOCC5)c4)nc23)cc1. The number of anilines is 2. The van der Waals surface area contributed by atoms with Gasteiger partial charge in [0.15, 0.2) is 0 Å². The highest BCUT2D eigenvalue weighted by Gasteiger charge is 2.12. The molecule has 1 saturated heterocycles. The van der Waals surface area contributed by atoms with E-state index >= 15 is 0 Å².